The molecule has 0 spiro atoms. The highest BCUT2D eigenvalue weighted by molar-refractivity contribution is 6.06. The first kappa shape index (κ1) is 21.1. The van der Waals surface area contributed by atoms with Crippen molar-refractivity contribution in [1.29, 1.82) is 0 Å². The second-order valence-corrected chi connectivity index (χ2v) is 8.81. The third-order valence-electron chi connectivity index (χ3n) is 6.14. The Morgan fingerprint density at radius 2 is 1.87 bits per heavy atom. The fourth-order valence-electron chi connectivity index (χ4n) is 4.51. The minimum absolute atomic E-state index is 0.0698. The molecule has 3 amide bonds. The molecule has 1 N–H and O–H groups in total. The third kappa shape index (κ3) is 4.79. The van der Waals surface area contributed by atoms with Gasteiger partial charge >= 0.3 is 0 Å². The lowest BCUT2D eigenvalue weighted by Gasteiger charge is -2.32. The van der Waals surface area contributed by atoms with Crippen LogP contribution < -0.4 is 10.2 Å². The largest absolute Gasteiger partial charge is 0.342 e. The van der Waals surface area contributed by atoms with Crippen LogP contribution in [0.4, 0.5) is 11.4 Å². The van der Waals surface area contributed by atoms with E-state index in [2.05, 4.69) is 12.2 Å². The predicted molar refractivity (Wildman–Crippen MR) is 121 cm³/mol. The molecule has 0 aliphatic carbocycles. The Bertz CT molecular complexity index is 1000. The number of hydrogen-bond acceptors (Lipinski definition) is 3. The van der Waals surface area contributed by atoms with Crippen molar-refractivity contribution in [2.75, 3.05) is 29.9 Å². The zero-order chi connectivity index (χ0) is 22.0. The van der Waals surface area contributed by atoms with Crippen LogP contribution in [0.1, 0.15) is 42.1 Å². The zero-order valence-electron chi connectivity index (χ0n) is 18.1. The van der Waals surface area contributed by atoms with Crippen LogP contribution in [0.5, 0.6) is 0 Å². The van der Waals surface area contributed by atoms with Crippen LogP contribution >= 0.6 is 0 Å². The average Bonchev–Trinajstić information content (AvgIpc) is 3.15. The van der Waals surface area contributed by atoms with Crippen LogP contribution in [-0.2, 0) is 9.59 Å². The fourth-order valence-corrected chi connectivity index (χ4v) is 4.51. The monoisotopic (exact) mass is 419 g/mol. The van der Waals surface area contributed by atoms with E-state index in [4.69, 9.17) is 0 Å². The molecule has 2 saturated heterocycles. The summed E-state index contributed by atoms with van der Waals surface area (Å²) in [4.78, 5) is 41.9. The summed E-state index contributed by atoms with van der Waals surface area (Å²) in [7, 11) is 0. The van der Waals surface area contributed by atoms with Crippen LogP contribution in [0.3, 0.4) is 0 Å². The van der Waals surface area contributed by atoms with Crippen molar-refractivity contribution in [3.05, 3.63) is 59.7 Å². The molecule has 2 fully saturated rings. The van der Waals surface area contributed by atoms with Crippen LogP contribution in [0, 0.1) is 18.8 Å². The van der Waals surface area contributed by atoms with Crippen molar-refractivity contribution in [3.63, 3.8) is 0 Å². The standard InChI is InChI=1S/C25H29N3O3/c1-17-6-3-9-21(12-17)26-24(30)19-8-4-10-22(13-19)28-16-20(14-23(28)29)25(31)27-11-5-7-18(2)15-27/h3-4,6,8-10,12-13,18,20H,5,7,11,14-16H2,1-2H3,(H,26,30)/t18-,20+/m0/s1. The van der Waals surface area contributed by atoms with E-state index in [0.717, 1.165) is 37.2 Å². The van der Waals surface area contributed by atoms with Gasteiger partial charge < -0.3 is 15.1 Å². The lowest BCUT2D eigenvalue weighted by atomic mass is 9.98. The van der Waals surface area contributed by atoms with Gasteiger partial charge in [0.25, 0.3) is 5.91 Å². The summed E-state index contributed by atoms with van der Waals surface area (Å²) in [5.41, 5.74) is 2.93. The van der Waals surface area contributed by atoms with E-state index in [1.807, 2.05) is 42.2 Å². The van der Waals surface area contributed by atoms with Crippen molar-refractivity contribution >= 4 is 29.1 Å². The van der Waals surface area contributed by atoms with Gasteiger partial charge in [0, 0.05) is 43.0 Å². The Morgan fingerprint density at radius 1 is 1.06 bits per heavy atom. The molecule has 2 heterocycles. The normalized spacial score (nSPS) is 21.3. The molecule has 2 atom stereocenters. The van der Waals surface area contributed by atoms with E-state index in [1.54, 1.807) is 23.1 Å². The number of piperidine rings is 1. The number of rotatable bonds is 4. The predicted octanol–water partition coefficient (Wildman–Crippen LogP) is 3.86. The van der Waals surface area contributed by atoms with Gasteiger partial charge in [0.1, 0.15) is 0 Å². The lowest BCUT2D eigenvalue weighted by Crippen LogP contribution is -2.43. The first-order valence-electron chi connectivity index (χ1n) is 11.0. The molecule has 0 saturated carbocycles. The molecule has 31 heavy (non-hydrogen) atoms. The van der Waals surface area contributed by atoms with Gasteiger partial charge in [0.15, 0.2) is 0 Å². The van der Waals surface area contributed by atoms with Crippen molar-refractivity contribution in [2.45, 2.75) is 33.1 Å². The van der Waals surface area contributed by atoms with Gasteiger partial charge in [-0.2, -0.15) is 0 Å². The van der Waals surface area contributed by atoms with Crippen LogP contribution in [0.25, 0.3) is 0 Å². The number of nitrogens with zero attached hydrogens (tertiary/aromatic N) is 2. The molecular formula is C25H29N3O3. The minimum Gasteiger partial charge on any atom is -0.342 e. The molecule has 0 radical (unpaired) electrons. The molecule has 6 nitrogen and oxygen atoms in total. The van der Waals surface area contributed by atoms with E-state index in [0.29, 0.717) is 23.7 Å². The van der Waals surface area contributed by atoms with Crippen molar-refractivity contribution < 1.29 is 14.4 Å². The average molecular weight is 420 g/mol. The fraction of sp³-hybridized carbons (Fsp3) is 0.400. The SMILES string of the molecule is Cc1cccc(NC(=O)c2cccc(N3C[C@H](C(=O)N4CCC[C@H](C)C4)CC3=O)c2)c1. The Balaban J connectivity index is 1.45. The Morgan fingerprint density at radius 3 is 2.65 bits per heavy atom. The summed E-state index contributed by atoms with van der Waals surface area (Å²) < 4.78 is 0. The molecule has 2 aliphatic rings. The highest BCUT2D eigenvalue weighted by atomic mass is 16.2. The van der Waals surface area contributed by atoms with Crippen LogP contribution in [0.2, 0.25) is 0 Å². The molecule has 6 heteroatoms. The maximum absolute atomic E-state index is 13.0. The number of amides is 3. The highest BCUT2D eigenvalue weighted by Crippen LogP contribution is 2.28. The topological polar surface area (TPSA) is 69.7 Å². The molecule has 2 aromatic carbocycles. The second-order valence-electron chi connectivity index (χ2n) is 8.81. The molecule has 4 rings (SSSR count). The van der Waals surface area contributed by atoms with Crippen molar-refractivity contribution in [2.24, 2.45) is 11.8 Å². The number of aryl methyl sites for hydroxylation is 1. The van der Waals surface area contributed by atoms with Crippen LogP contribution in [-0.4, -0.2) is 42.3 Å². The Hall–Kier alpha value is -3.15. The van der Waals surface area contributed by atoms with Gasteiger partial charge in [0.2, 0.25) is 11.8 Å². The summed E-state index contributed by atoms with van der Waals surface area (Å²) in [6, 6.07) is 14.7. The lowest BCUT2D eigenvalue weighted by molar-refractivity contribution is -0.137. The van der Waals surface area contributed by atoms with Crippen molar-refractivity contribution in [3.8, 4) is 0 Å². The quantitative estimate of drug-likeness (QED) is 0.818. The summed E-state index contributed by atoms with van der Waals surface area (Å²) in [6.07, 6.45) is 2.40. The van der Waals surface area contributed by atoms with E-state index in [-0.39, 0.29) is 30.1 Å². The first-order valence-corrected chi connectivity index (χ1v) is 11.0. The Labute approximate surface area is 183 Å². The maximum Gasteiger partial charge on any atom is 0.255 e. The van der Waals surface area contributed by atoms with Gasteiger partial charge in [-0.3, -0.25) is 14.4 Å². The molecular weight excluding hydrogens is 390 g/mol. The van der Waals surface area contributed by atoms with Crippen molar-refractivity contribution in [1.82, 2.24) is 4.90 Å². The third-order valence-corrected chi connectivity index (χ3v) is 6.14. The van der Waals surface area contributed by atoms with Gasteiger partial charge in [0.05, 0.1) is 5.92 Å². The number of nitrogens with one attached hydrogen (secondary N) is 1. The van der Waals surface area contributed by atoms with E-state index < -0.39 is 0 Å². The minimum atomic E-state index is -0.317. The van der Waals surface area contributed by atoms with Gasteiger partial charge in [-0.15, -0.1) is 0 Å². The number of likely N-dealkylation sites (tertiary alicyclic amines) is 1. The van der Waals surface area contributed by atoms with E-state index in [1.165, 1.54) is 0 Å². The molecule has 0 unspecified atom stereocenters. The summed E-state index contributed by atoms with van der Waals surface area (Å²) in [5, 5.41) is 2.90. The van der Waals surface area contributed by atoms with E-state index in [9.17, 15) is 14.4 Å². The first-order chi connectivity index (χ1) is 14.9. The highest BCUT2D eigenvalue weighted by Gasteiger charge is 2.38. The molecule has 0 aromatic heterocycles. The number of carbonyl (C=O) groups excluding carboxylic acids is 3. The number of hydrogen-bond donors (Lipinski definition) is 1. The summed E-state index contributed by atoms with van der Waals surface area (Å²) in [5.74, 6) is -0.0264. The number of anilines is 2. The van der Waals surface area contributed by atoms with Gasteiger partial charge in [-0.05, 0) is 61.6 Å². The molecule has 2 aliphatic heterocycles. The summed E-state index contributed by atoms with van der Waals surface area (Å²) in [6.45, 7) is 6.06. The smallest absolute Gasteiger partial charge is 0.255 e. The molecule has 0 bridgehead atoms. The van der Waals surface area contributed by atoms with E-state index >= 15 is 0 Å². The molecule has 2 aromatic rings. The van der Waals surface area contributed by atoms with Gasteiger partial charge in [-0.1, -0.05) is 25.1 Å². The summed E-state index contributed by atoms with van der Waals surface area (Å²) >= 11 is 0. The van der Waals surface area contributed by atoms with Crippen LogP contribution in [0.15, 0.2) is 48.5 Å². The molecule has 162 valence electrons. The zero-order valence-corrected chi connectivity index (χ0v) is 18.1. The maximum atomic E-state index is 13.0. The number of benzene rings is 2. The number of carbonyl (C=O) groups is 3. The second kappa shape index (κ2) is 8.92. The van der Waals surface area contributed by atoms with Gasteiger partial charge in [-0.25, -0.2) is 0 Å². The Kier molecular flexibility index (Phi) is 6.07.